The summed E-state index contributed by atoms with van der Waals surface area (Å²) >= 11 is -2.54. The van der Waals surface area contributed by atoms with Crippen LogP contribution in [0.15, 0.2) is 0 Å². The SMILES string of the molecule is O=C(NC1CC2(C1)CN(CC1CC1)C2)C1CC[C@@H]2CN1C(=O)N2OS(=O)O. The molecule has 2 aliphatic carbocycles. The van der Waals surface area contributed by atoms with Gasteiger partial charge in [-0.2, -0.15) is 9.27 Å². The Morgan fingerprint density at radius 2 is 2.00 bits per heavy atom. The number of amides is 3. The van der Waals surface area contributed by atoms with E-state index in [9.17, 15) is 13.8 Å². The second-order valence-electron chi connectivity index (χ2n) is 9.03. The van der Waals surface area contributed by atoms with E-state index in [0.29, 0.717) is 24.8 Å². The van der Waals surface area contributed by atoms with Crippen molar-refractivity contribution in [1.29, 1.82) is 0 Å². The third-order valence-corrected chi connectivity index (χ3v) is 7.09. The average molecular weight is 398 g/mol. The van der Waals surface area contributed by atoms with E-state index in [1.54, 1.807) is 0 Å². The molecule has 9 nitrogen and oxygen atoms in total. The molecule has 0 aromatic heterocycles. The highest BCUT2D eigenvalue weighted by Gasteiger charge is 2.54. The normalized spacial score (nSPS) is 33.7. The second kappa shape index (κ2) is 6.40. The maximum atomic E-state index is 12.7. The number of carbonyl (C=O) groups excluding carboxylic acids is 2. The largest absolute Gasteiger partial charge is 0.352 e. The predicted molar refractivity (Wildman–Crippen MR) is 95.4 cm³/mol. The Hall–Kier alpha value is -1.23. The molecule has 5 fully saturated rings. The molecule has 1 spiro atoms. The van der Waals surface area contributed by atoms with Crippen LogP contribution in [0.1, 0.15) is 38.5 Å². The van der Waals surface area contributed by atoms with Gasteiger partial charge in [-0.3, -0.25) is 9.35 Å². The molecule has 3 heterocycles. The van der Waals surface area contributed by atoms with Crippen molar-refractivity contribution in [3.05, 3.63) is 0 Å². The molecule has 0 aromatic carbocycles. The first kappa shape index (κ1) is 17.8. The molecule has 2 saturated carbocycles. The van der Waals surface area contributed by atoms with Crippen LogP contribution in [0, 0.1) is 11.3 Å². The number of carbonyl (C=O) groups is 2. The number of nitrogens with zero attached hydrogens (tertiary/aromatic N) is 3. The third kappa shape index (κ3) is 3.26. The summed E-state index contributed by atoms with van der Waals surface area (Å²) in [6, 6.07) is -1.08. The lowest BCUT2D eigenvalue weighted by molar-refractivity contribution is -0.132. The lowest BCUT2D eigenvalue weighted by atomic mass is 9.60. The van der Waals surface area contributed by atoms with Crippen molar-refractivity contribution >= 4 is 23.3 Å². The zero-order chi connectivity index (χ0) is 18.8. The number of hydrogen-bond donors (Lipinski definition) is 2. The summed E-state index contributed by atoms with van der Waals surface area (Å²) in [5.41, 5.74) is 0.407. The van der Waals surface area contributed by atoms with Crippen molar-refractivity contribution < 1.29 is 22.6 Å². The van der Waals surface area contributed by atoms with E-state index in [4.69, 9.17) is 8.84 Å². The van der Waals surface area contributed by atoms with Crippen LogP contribution in [0.5, 0.6) is 0 Å². The molecule has 3 atom stereocenters. The zero-order valence-electron chi connectivity index (χ0n) is 15.2. The Kier molecular flexibility index (Phi) is 4.23. The van der Waals surface area contributed by atoms with Crippen molar-refractivity contribution in [2.24, 2.45) is 11.3 Å². The van der Waals surface area contributed by atoms with Crippen molar-refractivity contribution in [2.75, 3.05) is 26.2 Å². The van der Waals surface area contributed by atoms with Gasteiger partial charge in [0.25, 0.3) is 0 Å². The molecule has 27 heavy (non-hydrogen) atoms. The average Bonchev–Trinajstić information content (AvgIpc) is 3.35. The fraction of sp³-hybridized carbons (Fsp3) is 0.882. The molecular weight excluding hydrogens is 372 g/mol. The van der Waals surface area contributed by atoms with Gasteiger partial charge in [0.2, 0.25) is 5.91 Å². The van der Waals surface area contributed by atoms with Crippen LogP contribution in [0.2, 0.25) is 0 Å². The second-order valence-corrected chi connectivity index (χ2v) is 9.61. The minimum Gasteiger partial charge on any atom is -0.352 e. The Labute approximate surface area is 160 Å². The standard InChI is InChI=1S/C17H26N4O5S/c22-15(14-4-3-13-8-20(14)16(23)21(13)26-27(24)25)18-12-5-17(6-12)9-19(10-17)7-11-1-2-11/h11-14H,1-10H2,(H,18,22)(H,24,25)/t13-,14?/m1/s1. The van der Waals surface area contributed by atoms with Gasteiger partial charge in [0, 0.05) is 32.2 Å². The number of piperidine rings is 1. The van der Waals surface area contributed by atoms with E-state index < -0.39 is 23.4 Å². The summed E-state index contributed by atoms with van der Waals surface area (Å²) < 4.78 is 24.5. The summed E-state index contributed by atoms with van der Waals surface area (Å²) in [7, 11) is 0. The molecule has 2 bridgehead atoms. The summed E-state index contributed by atoms with van der Waals surface area (Å²) in [4.78, 5) is 29.1. The maximum absolute atomic E-state index is 12.7. The number of nitrogens with one attached hydrogen (secondary N) is 1. The number of hydroxylamine groups is 2. The lowest BCUT2D eigenvalue weighted by Gasteiger charge is -2.59. The van der Waals surface area contributed by atoms with Crippen LogP contribution in [-0.4, -0.2) is 79.9 Å². The maximum Gasteiger partial charge on any atom is 0.346 e. The smallest absolute Gasteiger partial charge is 0.346 e. The van der Waals surface area contributed by atoms with Gasteiger partial charge in [0.05, 0.1) is 6.04 Å². The third-order valence-electron chi connectivity index (χ3n) is 6.81. The molecule has 150 valence electrons. The number of fused-ring (bicyclic) bond motifs is 2. The van der Waals surface area contributed by atoms with Crippen molar-refractivity contribution in [2.45, 2.75) is 56.7 Å². The quantitative estimate of drug-likeness (QED) is 0.625. The fourth-order valence-electron chi connectivity index (χ4n) is 5.41. The Morgan fingerprint density at radius 3 is 2.67 bits per heavy atom. The van der Waals surface area contributed by atoms with Crippen LogP contribution in [0.25, 0.3) is 0 Å². The molecule has 3 aliphatic heterocycles. The summed E-state index contributed by atoms with van der Waals surface area (Å²) in [6.07, 6.45) is 5.96. The van der Waals surface area contributed by atoms with E-state index >= 15 is 0 Å². The number of rotatable bonds is 6. The van der Waals surface area contributed by atoms with Crippen LogP contribution < -0.4 is 5.32 Å². The topological polar surface area (TPSA) is 102 Å². The van der Waals surface area contributed by atoms with Gasteiger partial charge >= 0.3 is 17.4 Å². The Bertz CT molecular complexity index is 672. The fourth-order valence-corrected chi connectivity index (χ4v) is 5.73. The highest BCUT2D eigenvalue weighted by molar-refractivity contribution is 7.74. The predicted octanol–water partition coefficient (Wildman–Crippen LogP) is 0.314. The van der Waals surface area contributed by atoms with Crippen LogP contribution in [0.4, 0.5) is 4.79 Å². The minimum absolute atomic E-state index is 0.109. The van der Waals surface area contributed by atoms with Crippen LogP contribution in [0.3, 0.4) is 0 Å². The number of urea groups is 1. The summed E-state index contributed by atoms with van der Waals surface area (Å²) in [6.45, 7) is 3.93. The van der Waals surface area contributed by atoms with Gasteiger partial charge in [-0.05, 0) is 49.9 Å². The van der Waals surface area contributed by atoms with Crippen molar-refractivity contribution in [3.63, 3.8) is 0 Å². The molecule has 5 rings (SSSR count). The lowest BCUT2D eigenvalue weighted by Crippen LogP contribution is -2.67. The first-order chi connectivity index (χ1) is 12.9. The van der Waals surface area contributed by atoms with Gasteiger partial charge in [0.15, 0.2) is 0 Å². The monoisotopic (exact) mass is 398 g/mol. The van der Waals surface area contributed by atoms with E-state index in [0.717, 1.165) is 36.9 Å². The molecule has 2 N–H and O–H groups in total. The molecule has 10 heteroatoms. The van der Waals surface area contributed by atoms with Gasteiger partial charge < -0.3 is 15.1 Å². The zero-order valence-corrected chi connectivity index (χ0v) is 16.0. The first-order valence-corrected chi connectivity index (χ1v) is 10.9. The summed E-state index contributed by atoms with van der Waals surface area (Å²) in [5, 5.41) is 4.07. The molecule has 3 saturated heterocycles. The van der Waals surface area contributed by atoms with Crippen LogP contribution >= 0.6 is 0 Å². The van der Waals surface area contributed by atoms with E-state index in [1.165, 1.54) is 24.3 Å². The van der Waals surface area contributed by atoms with Gasteiger partial charge in [0.1, 0.15) is 6.04 Å². The van der Waals surface area contributed by atoms with Crippen molar-refractivity contribution in [3.8, 4) is 0 Å². The van der Waals surface area contributed by atoms with Gasteiger partial charge in [-0.1, -0.05) is 0 Å². The molecule has 2 unspecified atom stereocenters. The molecule has 3 amide bonds. The van der Waals surface area contributed by atoms with Gasteiger partial charge in [-0.25, -0.2) is 4.79 Å². The van der Waals surface area contributed by atoms with Crippen LogP contribution in [-0.2, 0) is 20.4 Å². The van der Waals surface area contributed by atoms with Gasteiger partial charge in [-0.15, -0.1) is 4.28 Å². The summed E-state index contributed by atoms with van der Waals surface area (Å²) in [5.74, 6) is 0.820. The van der Waals surface area contributed by atoms with E-state index in [-0.39, 0.29) is 18.0 Å². The first-order valence-electron chi connectivity index (χ1n) is 9.84. The Morgan fingerprint density at radius 1 is 1.26 bits per heavy atom. The molecule has 5 aliphatic rings. The highest BCUT2D eigenvalue weighted by Crippen LogP contribution is 2.49. The van der Waals surface area contributed by atoms with Crippen molar-refractivity contribution in [1.82, 2.24) is 20.2 Å². The number of likely N-dealkylation sites (tertiary alicyclic amines) is 1. The molecular formula is C17H26N4O5S. The molecule has 0 radical (unpaired) electrons. The Balaban J connectivity index is 1.11. The minimum atomic E-state index is -2.54. The van der Waals surface area contributed by atoms with E-state index in [1.807, 2.05) is 0 Å². The molecule has 0 aromatic rings. The number of hydrogen-bond acceptors (Lipinski definition) is 5. The highest BCUT2D eigenvalue weighted by atomic mass is 32.2. The van der Waals surface area contributed by atoms with E-state index in [2.05, 4.69) is 10.2 Å².